The Morgan fingerprint density at radius 3 is 2.53 bits per heavy atom. The summed E-state index contributed by atoms with van der Waals surface area (Å²) < 4.78 is 0. The van der Waals surface area contributed by atoms with E-state index in [1.165, 1.54) is 24.0 Å². The molecule has 0 fully saturated rings. The Balaban J connectivity index is 2.60. The highest BCUT2D eigenvalue weighted by atomic mass is 16.3. The van der Waals surface area contributed by atoms with Gasteiger partial charge < -0.3 is 5.11 Å². The minimum atomic E-state index is -0.111. The zero-order chi connectivity index (χ0) is 11.5. The molecule has 0 aromatic rings. The molecule has 1 nitrogen and oxygen atoms in total. The minimum absolute atomic E-state index is 0.111. The summed E-state index contributed by atoms with van der Waals surface area (Å²) in [5.74, 6) is 0. The molecule has 0 unspecified atom stereocenters. The van der Waals surface area contributed by atoms with Crippen molar-refractivity contribution in [3.8, 4) is 0 Å². The monoisotopic (exact) mass is 210 g/mol. The quantitative estimate of drug-likeness (QED) is 0.694. The van der Waals surface area contributed by atoms with Crippen molar-refractivity contribution in [1.29, 1.82) is 0 Å². The zero-order valence-electron chi connectivity index (χ0n) is 10.8. The average Bonchev–Trinajstić information content (AvgIpc) is 2.20. The van der Waals surface area contributed by atoms with Crippen molar-refractivity contribution in [1.82, 2.24) is 0 Å². The lowest BCUT2D eigenvalue weighted by Gasteiger charge is -2.39. The normalized spacial score (nSPS) is 29.4. The SMILES string of the molecule is CCCC[C@H](O)[C@]1(C)CCC(C)=C(C)C1. The standard InChI is InChI=1S/C14H26O/c1-5-6-7-13(15)14(4)9-8-11(2)12(3)10-14/h13,15H,5-10H2,1-4H3/t13-,14+/m0/s1. The van der Waals surface area contributed by atoms with E-state index in [4.69, 9.17) is 0 Å². The lowest BCUT2D eigenvalue weighted by atomic mass is 9.69. The first-order valence-corrected chi connectivity index (χ1v) is 6.33. The third kappa shape index (κ3) is 3.07. The number of aliphatic hydroxyl groups excluding tert-OH is 1. The molecule has 0 aliphatic heterocycles. The Kier molecular flexibility index (Phi) is 4.39. The molecule has 0 saturated carbocycles. The highest BCUT2D eigenvalue weighted by Crippen LogP contribution is 2.42. The summed E-state index contributed by atoms with van der Waals surface area (Å²) in [6, 6.07) is 0. The van der Waals surface area contributed by atoms with E-state index in [1.807, 2.05) is 0 Å². The maximum Gasteiger partial charge on any atom is 0.0597 e. The van der Waals surface area contributed by atoms with Crippen LogP contribution in [0.25, 0.3) is 0 Å². The minimum Gasteiger partial charge on any atom is -0.393 e. The van der Waals surface area contributed by atoms with Gasteiger partial charge in [-0.1, -0.05) is 37.8 Å². The second-order valence-electron chi connectivity index (χ2n) is 5.55. The predicted molar refractivity (Wildman–Crippen MR) is 65.9 cm³/mol. The maximum absolute atomic E-state index is 10.2. The van der Waals surface area contributed by atoms with Gasteiger partial charge in [0.05, 0.1) is 6.10 Å². The average molecular weight is 210 g/mol. The highest BCUT2D eigenvalue weighted by molar-refractivity contribution is 5.16. The number of hydrogen-bond donors (Lipinski definition) is 1. The molecular weight excluding hydrogens is 184 g/mol. The van der Waals surface area contributed by atoms with E-state index in [1.54, 1.807) is 0 Å². The van der Waals surface area contributed by atoms with Crippen molar-refractivity contribution in [2.24, 2.45) is 5.41 Å². The van der Waals surface area contributed by atoms with Gasteiger partial charge in [0.1, 0.15) is 0 Å². The van der Waals surface area contributed by atoms with Crippen LogP contribution in [0.5, 0.6) is 0 Å². The van der Waals surface area contributed by atoms with Crippen LogP contribution in [0.4, 0.5) is 0 Å². The van der Waals surface area contributed by atoms with Crippen LogP contribution in [-0.4, -0.2) is 11.2 Å². The van der Waals surface area contributed by atoms with Gasteiger partial charge in [0, 0.05) is 0 Å². The highest BCUT2D eigenvalue weighted by Gasteiger charge is 2.35. The third-order valence-electron chi connectivity index (χ3n) is 4.10. The van der Waals surface area contributed by atoms with Gasteiger partial charge in [-0.15, -0.1) is 0 Å². The van der Waals surface area contributed by atoms with Gasteiger partial charge in [-0.05, 0) is 44.9 Å². The van der Waals surface area contributed by atoms with E-state index in [2.05, 4.69) is 27.7 Å². The molecule has 1 aliphatic carbocycles. The summed E-state index contributed by atoms with van der Waals surface area (Å²) in [6.45, 7) is 8.89. The van der Waals surface area contributed by atoms with E-state index in [-0.39, 0.29) is 11.5 Å². The third-order valence-corrected chi connectivity index (χ3v) is 4.10. The smallest absolute Gasteiger partial charge is 0.0597 e. The number of unbranched alkanes of at least 4 members (excludes halogenated alkanes) is 1. The maximum atomic E-state index is 10.2. The van der Waals surface area contributed by atoms with Crippen LogP contribution in [0, 0.1) is 5.41 Å². The summed E-state index contributed by atoms with van der Waals surface area (Å²) >= 11 is 0. The van der Waals surface area contributed by atoms with Crippen molar-refractivity contribution in [3.05, 3.63) is 11.1 Å². The number of rotatable bonds is 4. The fourth-order valence-corrected chi connectivity index (χ4v) is 2.56. The molecule has 0 aromatic carbocycles. The van der Waals surface area contributed by atoms with Crippen LogP contribution in [0.2, 0.25) is 0 Å². The van der Waals surface area contributed by atoms with E-state index in [9.17, 15) is 5.11 Å². The topological polar surface area (TPSA) is 20.2 Å². The van der Waals surface area contributed by atoms with Gasteiger partial charge in [-0.3, -0.25) is 0 Å². The van der Waals surface area contributed by atoms with E-state index >= 15 is 0 Å². The first-order chi connectivity index (χ1) is 6.99. The van der Waals surface area contributed by atoms with Gasteiger partial charge in [0.2, 0.25) is 0 Å². The molecule has 0 spiro atoms. The first kappa shape index (κ1) is 12.8. The van der Waals surface area contributed by atoms with E-state index in [0.717, 1.165) is 25.7 Å². The van der Waals surface area contributed by atoms with Crippen molar-refractivity contribution in [3.63, 3.8) is 0 Å². The van der Waals surface area contributed by atoms with Crippen molar-refractivity contribution in [2.45, 2.75) is 72.3 Å². The molecule has 2 atom stereocenters. The molecule has 15 heavy (non-hydrogen) atoms. The van der Waals surface area contributed by atoms with Gasteiger partial charge >= 0.3 is 0 Å². The second kappa shape index (κ2) is 5.16. The van der Waals surface area contributed by atoms with Crippen LogP contribution in [0.15, 0.2) is 11.1 Å². The van der Waals surface area contributed by atoms with E-state index in [0.29, 0.717) is 0 Å². The fraction of sp³-hybridized carbons (Fsp3) is 0.857. The Morgan fingerprint density at radius 2 is 2.00 bits per heavy atom. The molecule has 1 heteroatoms. The molecule has 0 saturated heterocycles. The largest absolute Gasteiger partial charge is 0.393 e. The Bertz CT molecular complexity index is 242. The molecular formula is C14H26O. The Hall–Kier alpha value is -0.300. The number of allylic oxidation sites excluding steroid dienone is 2. The lowest BCUT2D eigenvalue weighted by Crippen LogP contribution is -2.34. The molecule has 88 valence electrons. The Morgan fingerprint density at radius 1 is 1.33 bits per heavy atom. The fourth-order valence-electron chi connectivity index (χ4n) is 2.56. The van der Waals surface area contributed by atoms with Gasteiger partial charge in [0.15, 0.2) is 0 Å². The summed E-state index contributed by atoms with van der Waals surface area (Å²) in [6.07, 6.45) is 6.61. The summed E-state index contributed by atoms with van der Waals surface area (Å²) in [4.78, 5) is 0. The lowest BCUT2D eigenvalue weighted by molar-refractivity contribution is 0.0191. The molecule has 1 rings (SSSR count). The molecule has 0 radical (unpaired) electrons. The molecule has 1 aliphatic rings. The summed E-state index contributed by atoms with van der Waals surface area (Å²) in [5, 5.41) is 10.2. The van der Waals surface area contributed by atoms with Crippen LogP contribution >= 0.6 is 0 Å². The number of aliphatic hydroxyl groups is 1. The van der Waals surface area contributed by atoms with Crippen LogP contribution < -0.4 is 0 Å². The van der Waals surface area contributed by atoms with Crippen LogP contribution in [0.3, 0.4) is 0 Å². The van der Waals surface area contributed by atoms with E-state index < -0.39 is 0 Å². The first-order valence-electron chi connectivity index (χ1n) is 6.33. The summed E-state index contributed by atoms with van der Waals surface area (Å²) in [5.41, 5.74) is 3.17. The molecule has 0 heterocycles. The zero-order valence-corrected chi connectivity index (χ0v) is 10.8. The van der Waals surface area contributed by atoms with Crippen LogP contribution in [-0.2, 0) is 0 Å². The van der Waals surface area contributed by atoms with Gasteiger partial charge in [0.25, 0.3) is 0 Å². The number of hydrogen-bond acceptors (Lipinski definition) is 1. The summed E-state index contributed by atoms with van der Waals surface area (Å²) in [7, 11) is 0. The Labute approximate surface area is 94.6 Å². The van der Waals surface area contributed by atoms with Gasteiger partial charge in [-0.2, -0.15) is 0 Å². The van der Waals surface area contributed by atoms with Crippen molar-refractivity contribution in [2.75, 3.05) is 0 Å². The van der Waals surface area contributed by atoms with Gasteiger partial charge in [-0.25, -0.2) is 0 Å². The second-order valence-corrected chi connectivity index (χ2v) is 5.55. The molecule has 1 N–H and O–H groups in total. The predicted octanol–water partition coefficient (Wildman–Crippen LogP) is 4.06. The van der Waals surface area contributed by atoms with Crippen molar-refractivity contribution < 1.29 is 5.11 Å². The van der Waals surface area contributed by atoms with Crippen molar-refractivity contribution >= 4 is 0 Å². The molecule has 0 amide bonds. The molecule has 0 aromatic heterocycles. The molecule has 0 bridgehead atoms. The van der Waals surface area contributed by atoms with Crippen LogP contribution in [0.1, 0.15) is 66.2 Å².